The van der Waals surface area contributed by atoms with Crippen molar-refractivity contribution in [2.24, 2.45) is 5.92 Å². The van der Waals surface area contributed by atoms with Crippen LogP contribution in [0.5, 0.6) is 0 Å². The van der Waals surface area contributed by atoms with Crippen molar-refractivity contribution in [3.63, 3.8) is 0 Å². The molecule has 1 heteroatoms. The van der Waals surface area contributed by atoms with Crippen LogP contribution in [0.4, 0.5) is 0 Å². The van der Waals surface area contributed by atoms with Gasteiger partial charge >= 0.3 is 0 Å². The van der Waals surface area contributed by atoms with Gasteiger partial charge in [-0.25, -0.2) is 0 Å². The number of nitrogens with one attached hydrogen (secondary N) is 1. The lowest BCUT2D eigenvalue weighted by Gasteiger charge is -2.24. The van der Waals surface area contributed by atoms with Crippen molar-refractivity contribution in [2.45, 2.75) is 46.1 Å². The van der Waals surface area contributed by atoms with Crippen molar-refractivity contribution >= 4 is 0 Å². The molecule has 0 heterocycles. The summed E-state index contributed by atoms with van der Waals surface area (Å²) in [4.78, 5) is 0. The second-order valence-electron chi connectivity index (χ2n) is 5.62. The summed E-state index contributed by atoms with van der Waals surface area (Å²) >= 11 is 0. The van der Waals surface area contributed by atoms with E-state index < -0.39 is 0 Å². The van der Waals surface area contributed by atoms with Crippen molar-refractivity contribution in [1.82, 2.24) is 5.32 Å². The van der Waals surface area contributed by atoms with Crippen molar-refractivity contribution in [2.75, 3.05) is 6.54 Å². The molecule has 18 heavy (non-hydrogen) atoms. The Labute approximate surface area is 111 Å². The molecule has 1 unspecified atom stereocenters. The highest BCUT2D eigenvalue weighted by molar-refractivity contribution is 5.14. The number of rotatable bonds is 5. The third-order valence-corrected chi connectivity index (χ3v) is 4.15. The lowest BCUT2D eigenvalue weighted by molar-refractivity contribution is 0.411. The summed E-state index contributed by atoms with van der Waals surface area (Å²) < 4.78 is 0. The summed E-state index contributed by atoms with van der Waals surface area (Å²) in [7, 11) is 0. The van der Waals surface area contributed by atoms with E-state index in [9.17, 15) is 0 Å². The maximum absolute atomic E-state index is 3.56. The maximum Gasteiger partial charge on any atom is 0.0205 e. The molecule has 0 amide bonds. The Morgan fingerprint density at radius 1 is 1.11 bits per heavy atom. The van der Waals surface area contributed by atoms with Gasteiger partial charge in [0.05, 0.1) is 0 Å². The van der Waals surface area contributed by atoms with Gasteiger partial charge in [-0.2, -0.15) is 0 Å². The maximum atomic E-state index is 3.56. The predicted octanol–water partition coefficient (Wildman–Crippen LogP) is 4.30. The van der Waals surface area contributed by atoms with Crippen molar-refractivity contribution < 1.29 is 0 Å². The summed E-state index contributed by atoms with van der Waals surface area (Å²) in [5, 5.41) is 3.56. The fourth-order valence-electron chi connectivity index (χ4n) is 2.72. The average Bonchev–Trinajstić information content (AvgIpc) is 2.40. The quantitative estimate of drug-likeness (QED) is 0.600. The Balaban J connectivity index is 1.65. The van der Waals surface area contributed by atoms with Gasteiger partial charge in [0, 0.05) is 6.54 Å². The molecule has 98 valence electrons. The standard InChI is InChI=1S/C17H25N/c1-14-8-9-16(12-15(14)2)10-11-18-13-17-6-4-3-5-7-17/h3-7,16,18H,8-13H2,1-2H3. The molecular weight excluding hydrogens is 218 g/mol. The highest BCUT2D eigenvalue weighted by Crippen LogP contribution is 2.30. The zero-order valence-corrected chi connectivity index (χ0v) is 11.7. The van der Waals surface area contributed by atoms with Crippen LogP contribution < -0.4 is 5.32 Å². The topological polar surface area (TPSA) is 12.0 Å². The van der Waals surface area contributed by atoms with Crippen LogP contribution in [0.3, 0.4) is 0 Å². The fourth-order valence-corrected chi connectivity index (χ4v) is 2.72. The summed E-state index contributed by atoms with van der Waals surface area (Å²) in [6.45, 7) is 6.74. The highest BCUT2D eigenvalue weighted by Gasteiger charge is 2.15. The number of hydrogen-bond donors (Lipinski definition) is 1. The molecule has 0 aliphatic heterocycles. The second-order valence-corrected chi connectivity index (χ2v) is 5.62. The first-order valence-corrected chi connectivity index (χ1v) is 7.15. The van der Waals surface area contributed by atoms with Crippen molar-refractivity contribution in [3.05, 3.63) is 47.0 Å². The summed E-state index contributed by atoms with van der Waals surface area (Å²) in [6, 6.07) is 10.7. The van der Waals surface area contributed by atoms with Crippen LogP contribution in [-0.2, 0) is 6.54 Å². The first-order chi connectivity index (χ1) is 8.75. The van der Waals surface area contributed by atoms with E-state index in [4.69, 9.17) is 0 Å². The van der Waals surface area contributed by atoms with Gasteiger partial charge < -0.3 is 5.32 Å². The molecule has 0 saturated carbocycles. The number of benzene rings is 1. The molecule has 0 fully saturated rings. The van der Waals surface area contributed by atoms with Crippen LogP contribution in [0.15, 0.2) is 41.5 Å². The average molecular weight is 243 g/mol. The number of allylic oxidation sites excluding steroid dienone is 2. The van der Waals surface area contributed by atoms with Crippen molar-refractivity contribution in [3.8, 4) is 0 Å². The minimum absolute atomic E-state index is 0.900. The lowest BCUT2D eigenvalue weighted by atomic mass is 9.83. The molecule has 2 rings (SSSR count). The van der Waals surface area contributed by atoms with Gasteiger partial charge in [-0.15, -0.1) is 0 Å². The third-order valence-electron chi connectivity index (χ3n) is 4.15. The van der Waals surface area contributed by atoms with Gasteiger partial charge in [-0.3, -0.25) is 0 Å². The van der Waals surface area contributed by atoms with E-state index in [1.165, 1.54) is 31.2 Å². The molecule has 1 nitrogen and oxygen atoms in total. The van der Waals surface area contributed by atoms with E-state index in [0.717, 1.165) is 19.0 Å². The second kappa shape index (κ2) is 6.75. The Kier molecular flexibility index (Phi) is 5.00. The van der Waals surface area contributed by atoms with Gasteiger partial charge in [0.25, 0.3) is 0 Å². The zero-order chi connectivity index (χ0) is 12.8. The SMILES string of the molecule is CC1=C(C)CC(CCNCc2ccccc2)CC1. The van der Waals surface area contributed by atoms with E-state index >= 15 is 0 Å². The molecule has 1 aromatic carbocycles. The molecule has 1 atom stereocenters. The smallest absolute Gasteiger partial charge is 0.0205 e. The van der Waals surface area contributed by atoms with E-state index in [0.29, 0.717) is 0 Å². The first kappa shape index (κ1) is 13.4. The molecule has 0 bridgehead atoms. The summed E-state index contributed by atoms with van der Waals surface area (Å²) in [5.41, 5.74) is 4.64. The largest absolute Gasteiger partial charge is 0.313 e. The Morgan fingerprint density at radius 3 is 2.61 bits per heavy atom. The molecule has 0 radical (unpaired) electrons. The fraction of sp³-hybridized carbons (Fsp3) is 0.529. The molecule has 1 aliphatic carbocycles. The van der Waals surface area contributed by atoms with Gasteiger partial charge in [-0.1, -0.05) is 41.5 Å². The van der Waals surface area contributed by atoms with Gasteiger partial charge in [0.15, 0.2) is 0 Å². The van der Waals surface area contributed by atoms with E-state index in [2.05, 4.69) is 49.5 Å². The van der Waals surface area contributed by atoms with Crippen LogP contribution in [0.1, 0.15) is 45.1 Å². The van der Waals surface area contributed by atoms with E-state index in [1.54, 1.807) is 11.1 Å². The third kappa shape index (κ3) is 3.99. The normalized spacial score (nSPS) is 20.2. The lowest BCUT2D eigenvalue weighted by Crippen LogP contribution is -2.19. The first-order valence-electron chi connectivity index (χ1n) is 7.15. The molecule has 0 aromatic heterocycles. The predicted molar refractivity (Wildman–Crippen MR) is 78.5 cm³/mol. The molecule has 1 N–H and O–H groups in total. The van der Waals surface area contributed by atoms with Gasteiger partial charge in [-0.05, 0) is 57.6 Å². The molecule has 1 aromatic rings. The number of hydrogen-bond acceptors (Lipinski definition) is 1. The van der Waals surface area contributed by atoms with E-state index in [1.807, 2.05) is 0 Å². The van der Waals surface area contributed by atoms with Crippen LogP contribution in [-0.4, -0.2) is 6.54 Å². The Hall–Kier alpha value is -1.08. The summed E-state index contributed by atoms with van der Waals surface area (Å²) in [6.07, 6.45) is 5.33. The highest BCUT2D eigenvalue weighted by atomic mass is 14.8. The Bertz CT molecular complexity index is 391. The van der Waals surface area contributed by atoms with Gasteiger partial charge in [0.1, 0.15) is 0 Å². The molecule has 1 aliphatic rings. The Morgan fingerprint density at radius 2 is 1.89 bits per heavy atom. The van der Waals surface area contributed by atoms with Crippen LogP contribution in [0.25, 0.3) is 0 Å². The van der Waals surface area contributed by atoms with E-state index in [-0.39, 0.29) is 0 Å². The summed E-state index contributed by atoms with van der Waals surface area (Å²) in [5.74, 6) is 0.900. The molecule has 0 saturated heterocycles. The minimum atomic E-state index is 0.900. The van der Waals surface area contributed by atoms with Crippen LogP contribution in [0.2, 0.25) is 0 Å². The van der Waals surface area contributed by atoms with Crippen LogP contribution in [0, 0.1) is 5.92 Å². The molecular formula is C17H25N. The van der Waals surface area contributed by atoms with Crippen molar-refractivity contribution in [1.29, 1.82) is 0 Å². The minimum Gasteiger partial charge on any atom is -0.313 e. The molecule has 0 spiro atoms. The zero-order valence-electron chi connectivity index (χ0n) is 11.7. The van der Waals surface area contributed by atoms with Crippen LogP contribution >= 0.6 is 0 Å². The van der Waals surface area contributed by atoms with Gasteiger partial charge in [0.2, 0.25) is 0 Å². The monoisotopic (exact) mass is 243 g/mol.